The van der Waals surface area contributed by atoms with Gasteiger partial charge in [-0.05, 0) is 37.3 Å². The van der Waals surface area contributed by atoms with E-state index in [1.54, 1.807) is 11.3 Å². The lowest BCUT2D eigenvalue weighted by atomic mass is 10.0. The van der Waals surface area contributed by atoms with Crippen LogP contribution in [-0.2, 0) is 11.2 Å². The van der Waals surface area contributed by atoms with Crippen molar-refractivity contribution in [2.24, 2.45) is 0 Å². The lowest BCUT2D eigenvalue weighted by Gasteiger charge is -2.19. The normalized spacial score (nSPS) is 13.6. The Hall–Kier alpha value is -1.65. The Bertz CT molecular complexity index is 578. The van der Waals surface area contributed by atoms with Crippen molar-refractivity contribution in [1.29, 1.82) is 0 Å². The van der Waals surface area contributed by atoms with Crippen LogP contribution in [0.5, 0.6) is 0 Å². The summed E-state index contributed by atoms with van der Waals surface area (Å²) in [6.45, 7) is 6.75. The monoisotopic (exact) mass is 317 g/mol. The van der Waals surface area contributed by atoms with Gasteiger partial charge in [-0.15, -0.1) is 11.3 Å². The maximum Gasteiger partial charge on any atom is 0.277 e. The maximum absolute atomic E-state index is 12.0. The van der Waals surface area contributed by atoms with Gasteiger partial charge < -0.3 is 10.6 Å². The van der Waals surface area contributed by atoms with Crippen molar-refractivity contribution >= 4 is 17.2 Å². The Morgan fingerprint density at radius 1 is 1.23 bits per heavy atom. The van der Waals surface area contributed by atoms with E-state index in [1.165, 1.54) is 16.0 Å². The van der Waals surface area contributed by atoms with Gasteiger partial charge in [-0.1, -0.05) is 37.3 Å². The third-order valence-corrected chi connectivity index (χ3v) is 4.80. The summed E-state index contributed by atoms with van der Waals surface area (Å²) >= 11 is 1.74. The number of nitrogens with two attached hydrogens (primary N) is 1. The second kappa shape index (κ2) is 8.11. The lowest BCUT2D eigenvalue weighted by molar-refractivity contribution is -0.704. The average Bonchev–Trinajstić information content (AvgIpc) is 3.07. The van der Waals surface area contributed by atoms with Gasteiger partial charge in [-0.25, -0.2) is 0 Å². The van der Waals surface area contributed by atoms with Crippen LogP contribution in [0.3, 0.4) is 0 Å². The number of amides is 1. The zero-order valence-corrected chi connectivity index (χ0v) is 14.3. The van der Waals surface area contributed by atoms with Crippen LogP contribution in [0.25, 0.3) is 0 Å². The van der Waals surface area contributed by atoms with Crippen LogP contribution in [0.15, 0.2) is 41.8 Å². The summed E-state index contributed by atoms with van der Waals surface area (Å²) in [5.41, 5.74) is 2.58. The van der Waals surface area contributed by atoms with E-state index < -0.39 is 0 Å². The molecule has 118 valence electrons. The third kappa shape index (κ3) is 4.18. The van der Waals surface area contributed by atoms with Crippen molar-refractivity contribution in [3.8, 4) is 0 Å². The molecule has 0 spiro atoms. The van der Waals surface area contributed by atoms with Crippen LogP contribution >= 0.6 is 11.3 Å². The van der Waals surface area contributed by atoms with Gasteiger partial charge in [0.15, 0.2) is 6.04 Å². The van der Waals surface area contributed by atoms with Gasteiger partial charge in [0.2, 0.25) is 0 Å². The molecule has 1 amide bonds. The Kier molecular flexibility index (Phi) is 6.16. The molecule has 0 aliphatic heterocycles. The van der Waals surface area contributed by atoms with Crippen molar-refractivity contribution in [2.45, 2.75) is 39.3 Å². The molecule has 0 fully saturated rings. The van der Waals surface area contributed by atoms with Gasteiger partial charge >= 0.3 is 0 Å². The van der Waals surface area contributed by atoms with E-state index in [1.807, 2.05) is 13.8 Å². The van der Waals surface area contributed by atoms with Gasteiger partial charge in [-0.2, -0.15) is 0 Å². The van der Waals surface area contributed by atoms with Gasteiger partial charge in [0, 0.05) is 12.1 Å². The van der Waals surface area contributed by atoms with Crippen molar-refractivity contribution in [3.05, 3.63) is 57.8 Å². The zero-order valence-electron chi connectivity index (χ0n) is 13.5. The number of rotatable bonds is 7. The highest BCUT2D eigenvalue weighted by molar-refractivity contribution is 7.10. The fourth-order valence-corrected chi connectivity index (χ4v) is 3.34. The summed E-state index contributed by atoms with van der Waals surface area (Å²) < 4.78 is 0. The first-order valence-corrected chi connectivity index (χ1v) is 8.78. The molecule has 0 saturated heterocycles. The minimum absolute atomic E-state index is 0.0919. The highest BCUT2D eigenvalue weighted by Crippen LogP contribution is 2.23. The summed E-state index contributed by atoms with van der Waals surface area (Å²) in [4.78, 5) is 13.3. The number of likely N-dealkylation sites (N-methyl/N-ethyl adjacent to an activating group) is 1. The fourth-order valence-electron chi connectivity index (χ4n) is 2.51. The van der Waals surface area contributed by atoms with E-state index in [0.29, 0.717) is 6.54 Å². The van der Waals surface area contributed by atoms with E-state index in [4.69, 9.17) is 0 Å². The summed E-state index contributed by atoms with van der Waals surface area (Å²) in [5.74, 6) is 0.0919. The lowest BCUT2D eigenvalue weighted by Crippen LogP contribution is -2.92. The molecule has 0 aliphatic rings. The smallest absolute Gasteiger partial charge is 0.277 e. The Balaban J connectivity index is 2.21. The highest BCUT2D eigenvalue weighted by Gasteiger charge is 2.25. The SMILES string of the molecule is CCNC(=O)[C@@H](C)[NH2+][C@@H](c1ccc(CC)cc1)c1cccs1. The Labute approximate surface area is 136 Å². The van der Waals surface area contributed by atoms with Gasteiger partial charge in [0.25, 0.3) is 5.91 Å². The number of carbonyl (C=O) groups excluding carboxylic acids is 1. The molecule has 0 bridgehead atoms. The van der Waals surface area contributed by atoms with Crippen LogP contribution < -0.4 is 10.6 Å². The van der Waals surface area contributed by atoms with E-state index in [9.17, 15) is 4.79 Å². The Morgan fingerprint density at radius 2 is 1.95 bits per heavy atom. The number of hydrogen-bond donors (Lipinski definition) is 2. The summed E-state index contributed by atoms with van der Waals surface area (Å²) in [6.07, 6.45) is 1.04. The molecule has 2 aromatic rings. The van der Waals surface area contributed by atoms with E-state index in [2.05, 4.69) is 59.3 Å². The summed E-state index contributed by atoms with van der Waals surface area (Å²) in [5, 5.41) is 7.14. The molecule has 3 nitrogen and oxygen atoms in total. The van der Waals surface area contributed by atoms with Crippen LogP contribution in [0, 0.1) is 0 Å². The average molecular weight is 317 g/mol. The minimum Gasteiger partial charge on any atom is -0.351 e. The first kappa shape index (κ1) is 16.7. The molecule has 0 saturated carbocycles. The predicted molar refractivity (Wildman–Crippen MR) is 92.1 cm³/mol. The van der Waals surface area contributed by atoms with E-state index in [0.717, 1.165) is 6.42 Å². The van der Waals surface area contributed by atoms with E-state index >= 15 is 0 Å². The number of benzene rings is 1. The van der Waals surface area contributed by atoms with E-state index in [-0.39, 0.29) is 18.0 Å². The maximum atomic E-state index is 12.0. The molecule has 2 rings (SSSR count). The fraction of sp³-hybridized carbons (Fsp3) is 0.389. The third-order valence-electron chi connectivity index (χ3n) is 3.84. The molecule has 22 heavy (non-hydrogen) atoms. The summed E-state index contributed by atoms with van der Waals surface area (Å²) in [6, 6.07) is 13.0. The van der Waals surface area contributed by atoms with Crippen molar-refractivity contribution < 1.29 is 10.1 Å². The van der Waals surface area contributed by atoms with Gasteiger partial charge in [0.05, 0.1) is 4.88 Å². The predicted octanol–water partition coefficient (Wildman–Crippen LogP) is 2.49. The molecule has 4 heteroatoms. The number of carbonyl (C=O) groups is 1. The van der Waals surface area contributed by atoms with Crippen molar-refractivity contribution in [2.75, 3.05) is 6.54 Å². The minimum atomic E-state index is -0.113. The molecule has 0 radical (unpaired) electrons. The molecular weight excluding hydrogens is 292 g/mol. The molecule has 0 aliphatic carbocycles. The van der Waals surface area contributed by atoms with Crippen molar-refractivity contribution in [3.63, 3.8) is 0 Å². The van der Waals surface area contributed by atoms with Crippen molar-refractivity contribution in [1.82, 2.24) is 5.32 Å². The second-order valence-corrected chi connectivity index (χ2v) is 6.44. The molecule has 0 unspecified atom stereocenters. The molecule has 1 heterocycles. The first-order valence-electron chi connectivity index (χ1n) is 7.90. The van der Waals surface area contributed by atoms with Crippen LogP contribution in [0.1, 0.15) is 42.8 Å². The van der Waals surface area contributed by atoms with Gasteiger partial charge in [-0.3, -0.25) is 4.79 Å². The summed E-state index contributed by atoms with van der Waals surface area (Å²) in [7, 11) is 0. The topological polar surface area (TPSA) is 45.7 Å². The number of thiophene rings is 1. The van der Waals surface area contributed by atoms with Crippen LogP contribution in [0.2, 0.25) is 0 Å². The molecular formula is C18H25N2OS+. The molecule has 2 atom stereocenters. The van der Waals surface area contributed by atoms with Gasteiger partial charge in [0.1, 0.15) is 6.04 Å². The van der Waals surface area contributed by atoms with Crippen LogP contribution in [0.4, 0.5) is 0 Å². The largest absolute Gasteiger partial charge is 0.351 e. The Morgan fingerprint density at radius 3 is 2.50 bits per heavy atom. The molecule has 1 aromatic heterocycles. The first-order chi connectivity index (χ1) is 10.7. The molecule has 1 aromatic carbocycles. The number of nitrogens with one attached hydrogen (secondary N) is 1. The van der Waals surface area contributed by atoms with Crippen LogP contribution in [-0.4, -0.2) is 18.5 Å². The number of hydrogen-bond acceptors (Lipinski definition) is 2. The quantitative estimate of drug-likeness (QED) is 0.810. The number of quaternary nitrogens is 1. The second-order valence-electron chi connectivity index (χ2n) is 5.46. The molecule has 3 N–H and O–H groups in total. The standard InChI is InChI=1S/C18H24N2OS/c1-4-14-8-10-15(11-9-14)17(16-7-6-12-22-16)20-13(3)18(21)19-5-2/h6-13,17,20H,4-5H2,1-3H3,(H,19,21)/p+1/t13-,17+/m1/s1. The zero-order chi connectivity index (χ0) is 15.9. The number of aryl methyl sites for hydroxylation is 1. The highest BCUT2D eigenvalue weighted by atomic mass is 32.1.